The van der Waals surface area contributed by atoms with E-state index in [0.29, 0.717) is 23.8 Å². The molecule has 3 aliphatic rings. The number of carbonyl (C=O) groups excluding carboxylic acids is 2. The molecule has 0 aromatic carbocycles. The fraction of sp³-hybridized carbons (Fsp3) is 0.818. The maximum Gasteiger partial charge on any atom is 0.362 e. The molecule has 9 nitrogen and oxygen atoms in total. The van der Waals surface area contributed by atoms with E-state index in [1.54, 1.807) is 11.8 Å². The molecule has 3 fully saturated rings. The molecule has 0 spiro atoms. The lowest BCUT2D eigenvalue weighted by Gasteiger charge is -2.42. The summed E-state index contributed by atoms with van der Waals surface area (Å²) in [5.41, 5.74) is 0. The van der Waals surface area contributed by atoms with Gasteiger partial charge < -0.3 is 15.5 Å². The van der Waals surface area contributed by atoms with E-state index in [0.717, 1.165) is 18.1 Å². The topological polar surface area (TPSA) is 119 Å². The largest absolute Gasteiger partial charge is 0.362 e. The van der Waals surface area contributed by atoms with Gasteiger partial charge in [-0.3, -0.25) is 9.35 Å². The minimum Gasteiger partial charge on any atom is -0.333 e. The molecule has 3 aliphatic heterocycles. The third kappa shape index (κ3) is 2.77. The highest BCUT2D eigenvalue weighted by molar-refractivity contribution is 7.99. The Bertz CT molecular complexity index is 575. The van der Waals surface area contributed by atoms with Gasteiger partial charge >= 0.3 is 16.3 Å². The first-order valence-corrected chi connectivity index (χ1v) is 9.61. The Morgan fingerprint density at radius 3 is 2.95 bits per heavy atom. The van der Waals surface area contributed by atoms with Crippen LogP contribution in [0.15, 0.2) is 0 Å². The fourth-order valence-electron chi connectivity index (χ4n) is 3.10. The molecule has 0 bridgehead atoms. The van der Waals surface area contributed by atoms with E-state index in [4.69, 9.17) is 4.55 Å². The third-order valence-corrected chi connectivity index (χ3v) is 6.19. The van der Waals surface area contributed by atoms with Gasteiger partial charge in [0.25, 0.3) is 5.91 Å². The zero-order chi connectivity index (χ0) is 15.9. The van der Waals surface area contributed by atoms with Crippen molar-refractivity contribution in [2.75, 3.05) is 31.1 Å². The molecule has 3 atom stereocenters. The number of thioether (sulfide) groups is 1. The number of carbonyl (C=O) groups is 2. The highest BCUT2D eigenvalue weighted by Gasteiger charge is 2.60. The number of likely N-dealkylation sites (tertiary alicyclic amines) is 1. The van der Waals surface area contributed by atoms with Gasteiger partial charge in [0.05, 0.1) is 12.1 Å². The number of urea groups is 1. The smallest absolute Gasteiger partial charge is 0.333 e. The standard InChI is InChI=1S/C11H18N4O5S2/c16-10-9-8(15(10)22(18,19)20)1-3-14(9)11(17)13-7-5-12-2-4-21-6-7/h7-9,12H,1-6H2,(H,13,17)(H,18,19,20)/t7-,8-,9+/m1/s1. The molecule has 3 saturated heterocycles. The van der Waals surface area contributed by atoms with E-state index >= 15 is 0 Å². The number of amides is 3. The second kappa shape index (κ2) is 5.87. The predicted molar refractivity (Wildman–Crippen MR) is 79.8 cm³/mol. The van der Waals surface area contributed by atoms with E-state index in [1.165, 1.54) is 4.90 Å². The Kier molecular flexibility index (Phi) is 4.23. The average molecular weight is 350 g/mol. The van der Waals surface area contributed by atoms with Crippen molar-refractivity contribution in [3.63, 3.8) is 0 Å². The third-order valence-electron chi connectivity index (χ3n) is 4.11. The van der Waals surface area contributed by atoms with Gasteiger partial charge in [0.15, 0.2) is 0 Å². The van der Waals surface area contributed by atoms with Crippen molar-refractivity contribution < 1.29 is 22.6 Å². The first kappa shape index (κ1) is 15.8. The van der Waals surface area contributed by atoms with Gasteiger partial charge in [0.1, 0.15) is 6.04 Å². The second-order valence-corrected chi connectivity index (χ2v) is 7.97. The van der Waals surface area contributed by atoms with Crippen molar-refractivity contribution in [3.8, 4) is 0 Å². The Labute approximate surface area is 132 Å². The average Bonchev–Trinajstić information content (AvgIpc) is 2.60. The number of rotatable bonds is 2. The summed E-state index contributed by atoms with van der Waals surface area (Å²) in [5, 5.41) is 6.10. The molecule has 0 aliphatic carbocycles. The monoisotopic (exact) mass is 350 g/mol. The molecule has 3 rings (SSSR count). The quantitative estimate of drug-likeness (QED) is 0.409. The molecule has 0 unspecified atom stereocenters. The second-order valence-electron chi connectivity index (χ2n) is 5.53. The van der Waals surface area contributed by atoms with Crippen molar-refractivity contribution >= 4 is 34.0 Å². The molecule has 0 aromatic rings. The highest BCUT2D eigenvalue weighted by atomic mass is 32.2. The van der Waals surface area contributed by atoms with Crippen LogP contribution in [0.2, 0.25) is 0 Å². The van der Waals surface area contributed by atoms with Crippen LogP contribution in [0.1, 0.15) is 6.42 Å². The van der Waals surface area contributed by atoms with E-state index in [1.807, 2.05) is 0 Å². The van der Waals surface area contributed by atoms with Crippen LogP contribution < -0.4 is 10.6 Å². The van der Waals surface area contributed by atoms with Crippen LogP contribution in [-0.2, 0) is 15.1 Å². The number of fused-ring (bicyclic) bond motifs is 1. The summed E-state index contributed by atoms with van der Waals surface area (Å²) in [4.78, 5) is 25.6. The SMILES string of the molecule is O=C(N[C@@H]1CNCCSC1)N1CC[C@@H]2[C@H]1C(=O)N2S(=O)(=O)O. The van der Waals surface area contributed by atoms with Gasteiger partial charge in [-0.1, -0.05) is 0 Å². The molecular formula is C11H18N4O5S2. The van der Waals surface area contributed by atoms with Crippen molar-refractivity contribution in [3.05, 3.63) is 0 Å². The molecule has 11 heteroatoms. The zero-order valence-electron chi connectivity index (χ0n) is 11.8. The van der Waals surface area contributed by atoms with Gasteiger partial charge in [0, 0.05) is 31.1 Å². The number of nitrogens with zero attached hydrogens (tertiary/aromatic N) is 2. The molecule has 0 saturated carbocycles. The molecule has 124 valence electrons. The molecular weight excluding hydrogens is 332 g/mol. The van der Waals surface area contributed by atoms with Crippen LogP contribution in [0, 0.1) is 0 Å². The summed E-state index contributed by atoms with van der Waals surface area (Å²) in [6, 6.07) is -1.81. The molecule has 0 radical (unpaired) electrons. The lowest BCUT2D eigenvalue weighted by Crippen LogP contribution is -2.69. The van der Waals surface area contributed by atoms with Crippen LogP contribution in [0.3, 0.4) is 0 Å². The molecule has 0 aromatic heterocycles. The highest BCUT2D eigenvalue weighted by Crippen LogP contribution is 2.35. The van der Waals surface area contributed by atoms with E-state index in [2.05, 4.69) is 10.6 Å². The van der Waals surface area contributed by atoms with Crippen molar-refractivity contribution in [1.82, 2.24) is 19.8 Å². The van der Waals surface area contributed by atoms with Gasteiger partial charge in [-0.2, -0.15) is 20.2 Å². The molecule has 3 amide bonds. The molecule has 22 heavy (non-hydrogen) atoms. The lowest BCUT2D eigenvalue weighted by molar-refractivity contribution is -0.143. The Morgan fingerprint density at radius 2 is 2.23 bits per heavy atom. The van der Waals surface area contributed by atoms with Crippen LogP contribution in [0.25, 0.3) is 0 Å². The van der Waals surface area contributed by atoms with Gasteiger partial charge in [-0.05, 0) is 6.42 Å². The Balaban J connectivity index is 1.62. The van der Waals surface area contributed by atoms with E-state index in [-0.39, 0.29) is 12.1 Å². The normalized spacial score (nSPS) is 32.2. The van der Waals surface area contributed by atoms with Crippen LogP contribution in [0.5, 0.6) is 0 Å². The minimum atomic E-state index is -4.54. The van der Waals surface area contributed by atoms with E-state index < -0.39 is 28.3 Å². The summed E-state index contributed by atoms with van der Waals surface area (Å²) < 4.78 is 31.7. The van der Waals surface area contributed by atoms with Gasteiger partial charge in [0.2, 0.25) is 0 Å². The Morgan fingerprint density at radius 1 is 1.45 bits per heavy atom. The molecule has 3 N–H and O–H groups in total. The summed E-state index contributed by atoms with van der Waals surface area (Å²) in [7, 11) is -4.54. The van der Waals surface area contributed by atoms with Crippen LogP contribution in [-0.4, -0.2) is 83.4 Å². The van der Waals surface area contributed by atoms with Crippen molar-refractivity contribution in [1.29, 1.82) is 0 Å². The Hall–Kier alpha value is -1.04. The van der Waals surface area contributed by atoms with Crippen LogP contribution in [0.4, 0.5) is 4.79 Å². The zero-order valence-corrected chi connectivity index (χ0v) is 13.4. The lowest BCUT2D eigenvalue weighted by atomic mass is 10.0. The maximum atomic E-state index is 12.3. The maximum absolute atomic E-state index is 12.3. The number of β-lactam (4-membered cyclic amide) rings is 1. The molecule has 3 heterocycles. The van der Waals surface area contributed by atoms with Crippen LogP contribution >= 0.6 is 11.8 Å². The fourth-order valence-corrected chi connectivity index (χ4v) is 4.94. The van der Waals surface area contributed by atoms with Crippen molar-refractivity contribution in [2.45, 2.75) is 24.5 Å². The van der Waals surface area contributed by atoms with Gasteiger partial charge in [-0.15, -0.1) is 0 Å². The van der Waals surface area contributed by atoms with Crippen molar-refractivity contribution in [2.24, 2.45) is 0 Å². The number of nitrogens with one attached hydrogen (secondary N) is 2. The first-order chi connectivity index (χ1) is 10.4. The first-order valence-electron chi connectivity index (χ1n) is 7.06. The van der Waals surface area contributed by atoms with Gasteiger partial charge in [-0.25, -0.2) is 9.10 Å². The van der Waals surface area contributed by atoms with E-state index in [9.17, 15) is 18.0 Å². The predicted octanol–water partition coefficient (Wildman–Crippen LogP) is -1.51. The minimum absolute atomic E-state index is 0.0214. The summed E-state index contributed by atoms with van der Waals surface area (Å²) >= 11 is 1.74. The summed E-state index contributed by atoms with van der Waals surface area (Å²) in [6.45, 7) is 1.87. The number of hydrogen-bond donors (Lipinski definition) is 3. The summed E-state index contributed by atoms with van der Waals surface area (Å²) in [6.07, 6.45) is 0.348. The number of hydrogen-bond acceptors (Lipinski definition) is 6. The summed E-state index contributed by atoms with van der Waals surface area (Å²) in [5.74, 6) is 1.04.